The maximum atomic E-state index is 12.8. The summed E-state index contributed by atoms with van der Waals surface area (Å²) in [5.41, 5.74) is 12.2. The number of benzene rings is 4. The molecule has 12 aromatic heterocycles. The molecule has 2 N–H and O–H groups in total. The van der Waals surface area contributed by atoms with Gasteiger partial charge < -0.3 is 35.1 Å². The van der Waals surface area contributed by atoms with Crippen LogP contribution >= 0.6 is 45.3 Å². The number of anilines is 4. The van der Waals surface area contributed by atoms with Crippen molar-refractivity contribution in [2.45, 2.75) is 66.2 Å². The van der Waals surface area contributed by atoms with E-state index in [9.17, 15) is 19.2 Å². The van der Waals surface area contributed by atoms with Crippen LogP contribution in [0.25, 0.3) is 131 Å². The van der Waals surface area contributed by atoms with Crippen LogP contribution in [-0.2, 0) is 19.2 Å². The normalized spacial score (nSPS) is 14.9. The minimum atomic E-state index is 0.0956. The van der Waals surface area contributed by atoms with Gasteiger partial charge in [0.1, 0.15) is 65.4 Å². The van der Waals surface area contributed by atoms with E-state index in [1.807, 2.05) is 133 Å². The Morgan fingerprint density at radius 2 is 0.726 bits per heavy atom. The van der Waals surface area contributed by atoms with Crippen molar-refractivity contribution in [2.75, 3.05) is 157 Å². The Hall–Kier alpha value is -13.2. The second kappa shape index (κ2) is 44.3. The maximum absolute atomic E-state index is 12.8. The van der Waals surface area contributed by atoms with Gasteiger partial charge in [0.05, 0.1) is 47.7 Å². The number of nitrogens with zero attached hydrogens (tertiary/aromatic N) is 20. The summed E-state index contributed by atoms with van der Waals surface area (Å²) < 4.78 is 0. The van der Waals surface area contributed by atoms with Crippen molar-refractivity contribution >= 4 is 133 Å². The predicted molar refractivity (Wildman–Crippen MR) is 547 cm³/mol. The van der Waals surface area contributed by atoms with Gasteiger partial charge in [-0.1, -0.05) is 159 Å². The van der Waals surface area contributed by atoms with Gasteiger partial charge in [0.15, 0.2) is 29.1 Å². The zero-order chi connectivity index (χ0) is 92.4. The minimum Gasteiger partial charge on any atom is -0.362 e. The van der Waals surface area contributed by atoms with E-state index in [-0.39, 0.29) is 30.0 Å². The first-order valence-electron chi connectivity index (χ1n) is 46.8. The van der Waals surface area contributed by atoms with Crippen LogP contribution in [-0.4, -0.2) is 245 Å². The first kappa shape index (κ1) is 92.3. The number of ketones is 1. The van der Waals surface area contributed by atoms with Crippen molar-refractivity contribution in [3.63, 3.8) is 0 Å². The minimum absolute atomic E-state index is 0.0956. The van der Waals surface area contributed by atoms with Gasteiger partial charge in [-0.2, -0.15) is 0 Å². The summed E-state index contributed by atoms with van der Waals surface area (Å²) in [5.74, 6) is 7.90. The summed E-state index contributed by atoms with van der Waals surface area (Å²) in [4.78, 5) is 129. The zero-order valence-corrected chi connectivity index (χ0v) is 79.8. The lowest BCUT2D eigenvalue weighted by molar-refractivity contribution is -0.133. The average molecular weight is 1870 g/mol. The number of hydrogen-bond acceptors (Lipinski definition) is 27. The fourth-order valence-electron chi connectivity index (χ4n) is 17.4. The van der Waals surface area contributed by atoms with E-state index < -0.39 is 0 Å². The predicted octanol–water partition coefficient (Wildman–Crippen LogP) is 18.5. The molecule has 0 bridgehead atoms. The number of Topliss-reactive ketones (excluding diaryl/α,β-unsaturated/α-hetero) is 1. The van der Waals surface area contributed by atoms with E-state index in [1.54, 1.807) is 70.1 Å². The highest BCUT2D eigenvalue weighted by atomic mass is 32.1. The first-order valence-corrected chi connectivity index (χ1v) is 50.4. The van der Waals surface area contributed by atoms with Crippen LogP contribution in [0.15, 0.2) is 240 Å². The standard InChI is InChI=1S/C28H30N6OS.2C27H30N6OS.C23H20N4OS/c35-24(33-13-7-2-8-14-33)19-32-15-17-34(18-16-32)27-25-22(21-9-3-1-4-10-21)20-36-28(25)31-26(30-27)23-11-5-6-12-29-23;1-19(2)16-29-23(34)17-32-12-14-33(15-13-32)26-24-21(20-8-4-3-5-9-20)18-35-27(24)31-25(30-26)22-10-6-7-11-28-22;1-3-32(4-2)23(34)18-31-14-16-33(17-15-31)26-24-21(20-10-6-5-7-11-20)19-35-27(24)30-25(29-26)22-12-8-9-13-28-22;28-17(12-15-9-10-15)13-25-22-20-18(16-6-2-1-3-7-16)14-29-23(20)27-21(26-22)19-8-4-5-11-24-19/h1,3-6,9-12,20H,2,7-8,13-19H2;3-11,18-19H,12-17H2,1-2H3,(H,29,34);5-13,19H,3-4,14-18H2,1-2H3;1-8,11,14-15H,9-10,12-13H2,(H,25,26,27). The number of nitrogens with one attached hydrogen (secondary N) is 2. The van der Waals surface area contributed by atoms with Gasteiger partial charge in [-0.05, 0) is 129 Å². The number of carbonyl (C=O) groups excluding carboxylic acids is 4. The van der Waals surface area contributed by atoms with E-state index >= 15 is 0 Å². The molecule has 16 heterocycles. The van der Waals surface area contributed by atoms with Crippen molar-refractivity contribution < 1.29 is 19.2 Å². The second-order valence-corrected chi connectivity index (χ2v) is 38.1. The molecule has 0 spiro atoms. The number of rotatable bonds is 26. The Kier molecular flexibility index (Phi) is 30.3. The van der Waals surface area contributed by atoms with Crippen molar-refractivity contribution in [3.05, 3.63) is 240 Å². The zero-order valence-electron chi connectivity index (χ0n) is 76.6. The summed E-state index contributed by atoms with van der Waals surface area (Å²) in [7, 11) is 0. The quantitative estimate of drug-likeness (QED) is 0.0510. The number of aromatic nitrogens is 12. The molecule has 688 valence electrons. The molecule has 5 fully saturated rings. The van der Waals surface area contributed by atoms with Crippen molar-refractivity contribution in [1.82, 2.24) is 89.6 Å². The van der Waals surface area contributed by atoms with Crippen molar-refractivity contribution in [2.24, 2.45) is 11.8 Å². The lowest BCUT2D eigenvalue weighted by Gasteiger charge is -2.37. The molecule has 16 aromatic rings. The number of hydrogen-bond donors (Lipinski definition) is 2. The van der Waals surface area contributed by atoms with E-state index in [4.69, 9.17) is 39.9 Å². The molecule has 5 aliphatic rings. The maximum Gasteiger partial charge on any atom is 0.236 e. The number of pyridine rings is 4. The fourth-order valence-corrected chi connectivity index (χ4v) is 21.2. The summed E-state index contributed by atoms with van der Waals surface area (Å²) in [6.07, 6.45) is 13.6. The summed E-state index contributed by atoms with van der Waals surface area (Å²) in [6.45, 7) is 23.9. The molecule has 1 saturated carbocycles. The Balaban J connectivity index is 0.000000120. The van der Waals surface area contributed by atoms with E-state index in [0.717, 1.165) is 232 Å². The molecule has 30 heteroatoms. The van der Waals surface area contributed by atoms with Crippen LogP contribution < -0.4 is 25.3 Å². The van der Waals surface area contributed by atoms with Gasteiger partial charge >= 0.3 is 0 Å². The number of amides is 3. The van der Waals surface area contributed by atoms with Crippen LogP contribution in [0, 0.1) is 11.8 Å². The molecule has 4 aromatic carbocycles. The molecule has 4 saturated heterocycles. The lowest BCUT2D eigenvalue weighted by Crippen LogP contribution is -2.51. The van der Waals surface area contributed by atoms with E-state index in [2.05, 4.69) is 180 Å². The van der Waals surface area contributed by atoms with Crippen LogP contribution in [0.1, 0.15) is 66.2 Å². The van der Waals surface area contributed by atoms with Crippen LogP contribution in [0.4, 0.5) is 23.3 Å². The van der Waals surface area contributed by atoms with Crippen LogP contribution in [0.2, 0.25) is 0 Å². The Labute approximate surface area is 802 Å². The lowest BCUT2D eigenvalue weighted by atomic mass is 10.1. The summed E-state index contributed by atoms with van der Waals surface area (Å²) >= 11 is 6.53. The van der Waals surface area contributed by atoms with Crippen LogP contribution in [0.3, 0.4) is 0 Å². The molecule has 0 atom stereocenters. The third-order valence-electron chi connectivity index (χ3n) is 24.9. The topological polar surface area (TPSA) is 273 Å². The molecule has 0 unspecified atom stereocenters. The van der Waals surface area contributed by atoms with Gasteiger partial charge in [0, 0.05) is 186 Å². The number of piperidine rings is 1. The number of likely N-dealkylation sites (tertiary alicyclic amines) is 1. The highest BCUT2D eigenvalue weighted by Gasteiger charge is 2.32. The van der Waals surface area contributed by atoms with E-state index in [1.165, 1.54) is 30.4 Å². The molecular formula is C105H110N22O4S4. The number of likely N-dealkylation sites (N-methyl/N-ethyl adjacent to an activating group) is 1. The number of fused-ring (bicyclic) bond motifs is 4. The first-order chi connectivity index (χ1) is 66.3. The molecule has 135 heavy (non-hydrogen) atoms. The highest BCUT2D eigenvalue weighted by molar-refractivity contribution is 7.18. The number of thiophene rings is 4. The molecule has 21 rings (SSSR count). The van der Waals surface area contributed by atoms with Gasteiger partial charge in [-0.15, -0.1) is 45.3 Å². The summed E-state index contributed by atoms with van der Waals surface area (Å²) in [5, 5.41) is 19.2. The fraction of sp³-hybridized carbons (Fsp3) is 0.314. The number of carbonyl (C=O) groups is 4. The third kappa shape index (κ3) is 22.7. The molecule has 26 nitrogen and oxygen atoms in total. The highest BCUT2D eigenvalue weighted by Crippen LogP contribution is 2.45. The number of piperazine rings is 3. The van der Waals surface area contributed by atoms with Crippen molar-refractivity contribution in [3.8, 4) is 90.6 Å². The molecule has 0 radical (unpaired) electrons. The smallest absolute Gasteiger partial charge is 0.236 e. The van der Waals surface area contributed by atoms with Gasteiger partial charge in [0.2, 0.25) is 17.7 Å². The SMILES string of the molecule is CC(C)CNC(=O)CN1CCN(c2nc(-c3ccccn3)nc3scc(-c4ccccc4)c23)CC1.CCN(CC)C(=O)CN1CCN(c2nc(-c3ccccn3)nc3scc(-c4ccccc4)c23)CC1.O=C(CN1CCN(c2nc(-c3ccccn3)nc3scc(-c4ccccc4)c23)CC1)N1CCCCC1.O=C(CNc1nc(-c2ccccn2)nc2scc(-c3ccccc3)c12)CC1CC1. The Morgan fingerprint density at radius 3 is 1.07 bits per heavy atom. The van der Waals surface area contributed by atoms with Crippen molar-refractivity contribution in [1.29, 1.82) is 0 Å². The van der Waals surface area contributed by atoms with Gasteiger partial charge in [-0.25, -0.2) is 39.9 Å². The third-order valence-corrected chi connectivity index (χ3v) is 28.4. The Bertz CT molecular complexity index is 6650. The van der Waals surface area contributed by atoms with Gasteiger partial charge in [-0.3, -0.25) is 53.8 Å². The van der Waals surface area contributed by atoms with Gasteiger partial charge in [0.25, 0.3) is 0 Å². The van der Waals surface area contributed by atoms with Crippen LogP contribution in [0.5, 0.6) is 0 Å². The largest absolute Gasteiger partial charge is 0.362 e. The van der Waals surface area contributed by atoms with E-state index in [0.29, 0.717) is 73.6 Å². The molecule has 4 aliphatic heterocycles. The second-order valence-electron chi connectivity index (χ2n) is 34.7. The molecular weight excluding hydrogens is 1760 g/mol. The molecule has 3 amide bonds. The Morgan fingerprint density at radius 1 is 0.385 bits per heavy atom. The monoisotopic (exact) mass is 1870 g/mol. The molecule has 1 aliphatic carbocycles. The summed E-state index contributed by atoms with van der Waals surface area (Å²) in [6, 6.07) is 64.7. The average Bonchev–Trinajstić information content (AvgIpc) is 1.66.